The third kappa shape index (κ3) is 3.00. The summed E-state index contributed by atoms with van der Waals surface area (Å²) in [7, 11) is -2.10. The van der Waals surface area contributed by atoms with Crippen molar-refractivity contribution < 1.29 is 0 Å². The number of benzene rings is 3. The summed E-state index contributed by atoms with van der Waals surface area (Å²) in [4.78, 5) is 0. The molecular formula is C25H24Si. The third-order valence-corrected chi connectivity index (χ3v) is 10.7. The topological polar surface area (TPSA) is 0 Å². The first kappa shape index (κ1) is 16.8. The van der Waals surface area contributed by atoms with Crippen molar-refractivity contribution in [1.82, 2.24) is 0 Å². The average molecular weight is 353 g/mol. The summed E-state index contributed by atoms with van der Waals surface area (Å²) in [5, 5.41) is 4.67. The van der Waals surface area contributed by atoms with Crippen LogP contribution in [0.2, 0.25) is 0 Å². The standard InChI is InChI=1S/C25H24Si/c1-21-12-11-19-25(21)26(23-15-7-3-8-16-23,24-17-9-4-10-18-24)20-22-13-5-2-6-14-22/h2-18H,19-20H2,1H3. The van der Waals surface area contributed by atoms with E-state index in [2.05, 4.69) is 110 Å². The molecule has 0 atom stereocenters. The van der Waals surface area contributed by atoms with Crippen LogP contribution in [0.4, 0.5) is 0 Å². The molecule has 0 bridgehead atoms. The maximum atomic E-state index is 2.35. The van der Waals surface area contributed by atoms with Crippen molar-refractivity contribution >= 4 is 18.4 Å². The van der Waals surface area contributed by atoms with E-state index >= 15 is 0 Å². The summed E-state index contributed by atoms with van der Waals surface area (Å²) >= 11 is 0. The minimum Gasteiger partial charge on any atom is -0.0806 e. The molecule has 3 aromatic carbocycles. The van der Waals surface area contributed by atoms with Crippen molar-refractivity contribution in [3.8, 4) is 0 Å². The Morgan fingerprint density at radius 3 is 1.65 bits per heavy atom. The molecule has 0 saturated heterocycles. The molecule has 0 fully saturated rings. The van der Waals surface area contributed by atoms with E-state index in [4.69, 9.17) is 0 Å². The lowest BCUT2D eigenvalue weighted by Crippen LogP contribution is -2.62. The van der Waals surface area contributed by atoms with Crippen LogP contribution in [-0.2, 0) is 6.04 Å². The molecule has 0 heterocycles. The van der Waals surface area contributed by atoms with Gasteiger partial charge in [-0.15, -0.1) is 0 Å². The van der Waals surface area contributed by atoms with Crippen molar-refractivity contribution in [2.45, 2.75) is 19.4 Å². The monoisotopic (exact) mass is 352 g/mol. The Kier molecular flexibility index (Phi) is 4.72. The molecule has 4 rings (SSSR count). The van der Waals surface area contributed by atoms with E-state index in [1.54, 1.807) is 5.20 Å². The second-order valence-electron chi connectivity index (χ2n) is 7.07. The minimum absolute atomic E-state index is 1.08. The molecule has 0 aliphatic heterocycles. The molecule has 0 N–H and O–H groups in total. The Balaban J connectivity index is 1.99. The highest BCUT2D eigenvalue weighted by atomic mass is 28.3. The quantitative estimate of drug-likeness (QED) is 0.576. The number of rotatable bonds is 5. The Morgan fingerprint density at radius 2 is 1.19 bits per heavy atom. The van der Waals surface area contributed by atoms with Gasteiger partial charge in [0, 0.05) is 0 Å². The van der Waals surface area contributed by atoms with Crippen LogP contribution in [0.25, 0.3) is 0 Å². The molecule has 1 aliphatic rings. The first-order chi connectivity index (χ1) is 12.8. The highest BCUT2D eigenvalue weighted by Gasteiger charge is 2.42. The lowest BCUT2D eigenvalue weighted by molar-refractivity contribution is 1.26. The predicted molar refractivity (Wildman–Crippen MR) is 115 cm³/mol. The number of hydrogen-bond acceptors (Lipinski definition) is 0. The van der Waals surface area contributed by atoms with Crippen molar-refractivity contribution in [2.24, 2.45) is 0 Å². The molecule has 0 radical (unpaired) electrons. The van der Waals surface area contributed by atoms with Gasteiger partial charge in [-0.3, -0.25) is 0 Å². The van der Waals surface area contributed by atoms with Gasteiger partial charge in [-0.05, 0) is 35.3 Å². The van der Waals surface area contributed by atoms with Gasteiger partial charge in [-0.25, -0.2) is 0 Å². The van der Waals surface area contributed by atoms with Gasteiger partial charge in [0.1, 0.15) is 8.07 Å². The van der Waals surface area contributed by atoms with Crippen LogP contribution < -0.4 is 10.4 Å². The van der Waals surface area contributed by atoms with Crippen molar-refractivity contribution in [2.75, 3.05) is 0 Å². The summed E-state index contributed by atoms with van der Waals surface area (Å²) < 4.78 is 0. The van der Waals surface area contributed by atoms with Gasteiger partial charge in [0.15, 0.2) is 0 Å². The second-order valence-corrected chi connectivity index (χ2v) is 11.0. The van der Waals surface area contributed by atoms with Crippen molar-refractivity contribution in [3.63, 3.8) is 0 Å². The van der Waals surface area contributed by atoms with E-state index in [9.17, 15) is 0 Å². The van der Waals surface area contributed by atoms with Crippen molar-refractivity contribution in [1.29, 1.82) is 0 Å². The number of allylic oxidation sites excluding steroid dienone is 4. The molecule has 1 heteroatoms. The SMILES string of the molecule is CC1=C([Si](Cc2ccccc2)(c2ccccc2)c2ccccc2)CC=C1. The van der Waals surface area contributed by atoms with E-state index in [0.717, 1.165) is 12.5 Å². The molecule has 0 saturated carbocycles. The van der Waals surface area contributed by atoms with Gasteiger partial charge >= 0.3 is 0 Å². The molecule has 1 aliphatic carbocycles. The minimum atomic E-state index is -2.10. The van der Waals surface area contributed by atoms with Crippen LogP contribution in [0, 0.1) is 0 Å². The first-order valence-electron chi connectivity index (χ1n) is 9.32. The fourth-order valence-corrected chi connectivity index (χ4v) is 9.55. The van der Waals surface area contributed by atoms with E-state index in [1.807, 2.05) is 0 Å². The zero-order valence-corrected chi connectivity index (χ0v) is 16.2. The molecule has 0 aromatic heterocycles. The summed E-state index contributed by atoms with van der Waals surface area (Å²) in [5.41, 5.74) is 2.89. The van der Waals surface area contributed by atoms with Gasteiger partial charge < -0.3 is 0 Å². The summed E-state index contributed by atoms with van der Waals surface area (Å²) in [5.74, 6) is 0. The van der Waals surface area contributed by atoms with E-state index in [1.165, 1.54) is 21.5 Å². The fourth-order valence-electron chi connectivity index (χ4n) is 4.30. The molecule has 0 spiro atoms. The van der Waals surface area contributed by atoms with Gasteiger partial charge in [0.25, 0.3) is 0 Å². The predicted octanol–water partition coefficient (Wildman–Crippen LogP) is 4.85. The zero-order valence-electron chi connectivity index (χ0n) is 15.2. The molecule has 0 nitrogen and oxygen atoms in total. The highest BCUT2D eigenvalue weighted by molar-refractivity contribution is 7.07. The smallest absolute Gasteiger partial charge is 0.0806 e. The van der Waals surface area contributed by atoms with Crippen LogP contribution in [0.5, 0.6) is 0 Å². The Morgan fingerprint density at radius 1 is 0.692 bits per heavy atom. The zero-order chi connectivity index (χ0) is 17.8. The van der Waals surface area contributed by atoms with E-state index in [-0.39, 0.29) is 0 Å². The van der Waals surface area contributed by atoms with Gasteiger partial charge in [-0.1, -0.05) is 114 Å². The molecule has 0 amide bonds. The van der Waals surface area contributed by atoms with Crippen LogP contribution in [0.3, 0.4) is 0 Å². The normalized spacial score (nSPS) is 14.0. The van der Waals surface area contributed by atoms with Gasteiger partial charge in [0.2, 0.25) is 0 Å². The average Bonchev–Trinajstić information content (AvgIpc) is 3.14. The second kappa shape index (κ2) is 7.31. The maximum Gasteiger partial charge on any atom is 0.149 e. The lowest BCUT2D eigenvalue weighted by Gasteiger charge is -2.36. The fraction of sp³-hybridized carbons (Fsp3) is 0.120. The summed E-state index contributed by atoms with van der Waals surface area (Å²) in [6, 6.07) is 34.6. The van der Waals surface area contributed by atoms with Crippen LogP contribution in [0.1, 0.15) is 18.9 Å². The number of hydrogen-bond donors (Lipinski definition) is 0. The summed E-state index contributed by atoms with van der Waals surface area (Å²) in [6.07, 6.45) is 5.73. The van der Waals surface area contributed by atoms with Gasteiger partial charge in [-0.2, -0.15) is 0 Å². The molecular weight excluding hydrogens is 328 g/mol. The largest absolute Gasteiger partial charge is 0.149 e. The highest BCUT2D eigenvalue weighted by Crippen LogP contribution is 2.30. The molecule has 0 unspecified atom stereocenters. The van der Waals surface area contributed by atoms with Crippen LogP contribution in [0.15, 0.2) is 114 Å². The first-order valence-corrected chi connectivity index (χ1v) is 11.5. The van der Waals surface area contributed by atoms with Crippen LogP contribution >= 0.6 is 0 Å². The third-order valence-electron chi connectivity index (χ3n) is 5.53. The van der Waals surface area contributed by atoms with Crippen molar-refractivity contribution in [3.05, 3.63) is 119 Å². The Labute approximate surface area is 157 Å². The molecule has 26 heavy (non-hydrogen) atoms. The lowest BCUT2D eigenvalue weighted by atomic mass is 10.2. The maximum absolute atomic E-state index is 2.35. The summed E-state index contributed by atoms with van der Waals surface area (Å²) in [6.45, 7) is 2.29. The Bertz CT molecular complexity index is 882. The van der Waals surface area contributed by atoms with E-state index < -0.39 is 8.07 Å². The molecule has 3 aromatic rings. The Hall–Kier alpha value is -2.64. The van der Waals surface area contributed by atoms with E-state index in [0.29, 0.717) is 0 Å². The van der Waals surface area contributed by atoms with Crippen LogP contribution in [-0.4, -0.2) is 8.07 Å². The van der Waals surface area contributed by atoms with Gasteiger partial charge in [0.05, 0.1) is 0 Å². The molecule has 128 valence electrons.